The third-order valence-electron chi connectivity index (χ3n) is 5.44. The number of anilines is 2. The molecule has 2 heterocycles. The maximum Gasteiger partial charge on any atom is 0.277 e. The van der Waals surface area contributed by atoms with Crippen LogP contribution in [0.4, 0.5) is 11.4 Å². The number of carbonyl (C=O) groups is 1. The maximum absolute atomic E-state index is 13.4. The van der Waals surface area contributed by atoms with Gasteiger partial charge in [-0.15, -0.1) is 10.2 Å². The Hall–Kier alpha value is -3.58. The van der Waals surface area contributed by atoms with Crippen molar-refractivity contribution >= 4 is 29.0 Å². The number of carbonyl (C=O) groups excluding carboxylic acids is 1. The Bertz CT molecular complexity index is 1210. The first-order valence-electron chi connectivity index (χ1n) is 10.3. The van der Waals surface area contributed by atoms with Gasteiger partial charge < -0.3 is 9.15 Å². The molecule has 0 N–H and O–H groups in total. The number of nitrogens with zero attached hydrogens (tertiary/aromatic N) is 3. The number of hydrogen-bond acceptors (Lipinski definition) is 6. The fraction of sp³-hybridized carbons (Fsp3) is 0.160. The number of aromatic nitrogens is 2. The van der Waals surface area contributed by atoms with Gasteiger partial charge in [-0.1, -0.05) is 48.2 Å². The molecule has 1 aliphatic heterocycles. The molecule has 7 heteroatoms. The molecule has 0 saturated heterocycles. The fourth-order valence-electron chi connectivity index (χ4n) is 3.85. The van der Waals surface area contributed by atoms with Crippen molar-refractivity contribution in [3.63, 3.8) is 0 Å². The van der Waals surface area contributed by atoms with Crippen LogP contribution in [0.1, 0.15) is 11.1 Å². The van der Waals surface area contributed by atoms with E-state index in [1.54, 1.807) is 7.11 Å². The Labute approximate surface area is 190 Å². The van der Waals surface area contributed by atoms with Gasteiger partial charge in [-0.3, -0.25) is 9.69 Å². The predicted octanol–water partition coefficient (Wildman–Crippen LogP) is 5.30. The molecule has 0 radical (unpaired) electrons. The van der Waals surface area contributed by atoms with Crippen molar-refractivity contribution in [2.75, 3.05) is 17.8 Å². The lowest BCUT2D eigenvalue weighted by atomic mass is 10.0. The average molecular weight is 444 g/mol. The number of para-hydroxylation sites is 2. The summed E-state index contributed by atoms with van der Waals surface area (Å²) in [5.41, 5.74) is 5.01. The van der Waals surface area contributed by atoms with E-state index in [0.29, 0.717) is 11.1 Å². The number of thioether (sulfide) groups is 1. The lowest BCUT2D eigenvalue weighted by Gasteiger charge is -2.24. The van der Waals surface area contributed by atoms with Gasteiger partial charge in [-0.25, -0.2) is 0 Å². The van der Waals surface area contributed by atoms with Crippen LogP contribution >= 0.6 is 11.8 Å². The summed E-state index contributed by atoms with van der Waals surface area (Å²) >= 11 is 1.25. The molecule has 1 aromatic heterocycles. The summed E-state index contributed by atoms with van der Waals surface area (Å²) < 4.78 is 11.0. The van der Waals surface area contributed by atoms with Gasteiger partial charge >= 0.3 is 0 Å². The summed E-state index contributed by atoms with van der Waals surface area (Å²) in [5.74, 6) is 1.33. The second kappa shape index (κ2) is 8.88. The molecule has 0 spiro atoms. The van der Waals surface area contributed by atoms with E-state index < -0.39 is 0 Å². The number of ether oxygens (including phenoxy) is 1. The van der Waals surface area contributed by atoms with Gasteiger partial charge in [0.25, 0.3) is 5.22 Å². The van der Waals surface area contributed by atoms with E-state index in [0.717, 1.165) is 35.5 Å². The molecule has 6 nitrogen and oxygen atoms in total. The van der Waals surface area contributed by atoms with Gasteiger partial charge in [0.15, 0.2) is 0 Å². The van der Waals surface area contributed by atoms with Gasteiger partial charge in [0.2, 0.25) is 11.8 Å². The molecular formula is C25H21N3O3S. The summed E-state index contributed by atoms with van der Waals surface area (Å²) in [6.07, 6.45) is 1.80. The van der Waals surface area contributed by atoms with Crippen molar-refractivity contribution in [2.24, 2.45) is 0 Å². The Morgan fingerprint density at radius 2 is 1.56 bits per heavy atom. The van der Waals surface area contributed by atoms with Gasteiger partial charge in [-0.2, -0.15) is 0 Å². The smallest absolute Gasteiger partial charge is 0.277 e. The van der Waals surface area contributed by atoms with Crippen LogP contribution in [0.3, 0.4) is 0 Å². The van der Waals surface area contributed by atoms with Crippen LogP contribution in [0.2, 0.25) is 0 Å². The lowest BCUT2D eigenvalue weighted by Crippen LogP contribution is -2.28. The molecule has 0 bridgehead atoms. The molecule has 0 unspecified atom stereocenters. The van der Waals surface area contributed by atoms with Crippen molar-refractivity contribution in [1.29, 1.82) is 0 Å². The molecule has 160 valence electrons. The summed E-state index contributed by atoms with van der Waals surface area (Å²) in [6.45, 7) is 0. The molecule has 1 amide bonds. The largest absolute Gasteiger partial charge is 0.497 e. The first-order valence-corrected chi connectivity index (χ1v) is 11.3. The summed E-state index contributed by atoms with van der Waals surface area (Å²) in [5, 5.41) is 8.58. The molecule has 0 atom stereocenters. The van der Waals surface area contributed by atoms with Crippen LogP contribution in [0, 0.1) is 0 Å². The summed E-state index contributed by atoms with van der Waals surface area (Å²) in [6, 6.07) is 23.6. The average Bonchev–Trinajstić information content (AvgIpc) is 3.25. The molecule has 4 aromatic rings. The minimum absolute atomic E-state index is 0.0269. The number of benzene rings is 3. The first kappa shape index (κ1) is 20.3. The number of amides is 1. The topological polar surface area (TPSA) is 68.5 Å². The second-order valence-corrected chi connectivity index (χ2v) is 8.30. The fourth-order valence-corrected chi connectivity index (χ4v) is 4.47. The van der Waals surface area contributed by atoms with Crippen LogP contribution in [0.5, 0.6) is 5.75 Å². The zero-order valence-electron chi connectivity index (χ0n) is 17.5. The molecule has 0 fully saturated rings. The zero-order valence-corrected chi connectivity index (χ0v) is 18.3. The molecular weight excluding hydrogens is 422 g/mol. The van der Waals surface area contributed by atoms with E-state index >= 15 is 0 Å². The molecule has 1 aliphatic rings. The number of fused-ring (bicyclic) bond motifs is 2. The SMILES string of the molecule is COc1ccc(-c2nnc(SCC(=O)N3c4ccccc4CCc4ccccc43)o2)cc1. The van der Waals surface area contributed by atoms with E-state index in [1.165, 1.54) is 22.9 Å². The molecule has 0 aliphatic carbocycles. The zero-order chi connectivity index (χ0) is 21.9. The Kier molecular flexibility index (Phi) is 5.64. The molecule has 3 aromatic carbocycles. The summed E-state index contributed by atoms with van der Waals surface area (Å²) in [7, 11) is 1.62. The predicted molar refractivity (Wildman–Crippen MR) is 124 cm³/mol. The standard InChI is InChI=1S/C25H21N3O3S/c1-30-20-14-12-19(13-15-20)24-26-27-25(31-24)32-16-23(29)28-21-8-4-2-6-17(21)10-11-18-7-3-5-9-22(18)28/h2-9,12-15H,10-11,16H2,1H3. The highest BCUT2D eigenvalue weighted by molar-refractivity contribution is 7.99. The monoisotopic (exact) mass is 443 g/mol. The highest BCUT2D eigenvalue weighted by Gasteiger charge is 2.26. The van der Waals surface area contributed by atoms with Crippen LogP contribution in [-0.2, 0) is 17.6 Å². The normalized spacial score (nSPS) is 12.6. The number of methoxy groups -OCH3 is 1. The van der Waals surface area contributed by atoms with Crippen molar-refractivity contribution in [2.45, 2.75) is 18.1 Å². The van der Waals surface area contributed by atoms with Crippen LogP contribution in [0.25, 0.3) is 11.5 Å². The highest BCUT2D eigenvalue weighted by Crippen LogP contribution is 2.36. The third-order valence-corrected chi connectivity index (χ3v) is 6.24. The maximum atomic E-state index is 13.4. The lowest BCUT2D eigenvalue weighted by molar-refractivity contribution is -0.115. The molecule has 5 rings (SSSR count). The Morgan fingerprint density at radius 1 is 0.938 bits per heavy atom. The Morgan fingerprint density at radius 3 is 2.19 bits per heavy atom. The van der Waals surface area contributed by atoms with E-state index in [1.807, 2.05) is 65.6 Å². The quantitative estimate of drug-likeness (QED) is 0.390. The van der Waals surface area contributed by atoms with Gasteiger partial charge in [0.05, 0.1) is 24.2 Å². The summed E-state index contributed by atoms with van der Waals surface area (Å²) in [4.78, 5) is 15.2. The number of hydrogen-bond donors (Lipinski definition) is 0. The minimum atomic E-state index is -0.0269. The van der Waals surface area contributed by atoms with Crippen molar-refractivity contribution < 1.29 is 13.9 Å². The molecule has 32 heavy (non-hydrogen) atoms. The van der Waals surface area contributed by atoms with E-state index in [4.69, 9.17) is 9.15 Å². The first-order chi connectivity index (χ1) is 15.7. The van der Waals surface area contributed by atoms with Crippen molar-refractivity contribution in [3.8, 4) is 17.2 Å². The van der Waals surface area contributed by atoms with Crippen LogP contribution < -0.4 is 9.64 Å². The van der Waals surface area contributed by atoms with E-state index in [-0.39, 0.29) is 11.7 Å². The van der Waals surface area contributed by atoms with Gasteiger partial charge in [-0.05, 0) is 60.4 Å². The Balaban J connectivity index is 1.36. The highest BCUT2D eigenvalue weighted by atomic mass is 32.2. The van der Waals surface area contributed by atoms with Crippen molar-refractivity contribution in [3.05, 3.63) is 83.9 Å². The number of aryl methyl sites for hydroxylation is 2. The second-order valence-electron chi connectivity index (χ2n) is 7.38. The number of rotatable bonds is 5. The minimum Gasteiger partial charge on any atom is -0.497 e. The molecule has 0 saturated carbocycles. The van der Waals surface area contributed by atoms with Gasteiger partial charge in [0, 0.05) is 5.56 Å². The third kappa shape index (κ3) is 3.99. The van der Waals surface area contributed by atoms with E-state index in [2.05, 4.69) is 22.3 Å². The van der Waals surface area contributed by atoms with Crippen LogP contribution in [-0.4, -0.2) is 29.0 Å². The van der Waals surface area contributed by atoms with E-state index in [9.17, 15) is 4.79 Å². The van der Waals surface area contributed by atoms with Crippen LogP contribution in [0.15, 0.2) is 82.4 Å². The van der Waals surface area contributed by atoms with Crippen molar-refractivity contribution in [1.82, 2.24) is 10.2 Å². The van der Waals surface area contributed by atoms with Gasteiger partial charge in [0.1, 0.15) is 5.75 Å².